The molecule has 0 saturated carbocycles. The highest BCUT2D eigenvalue weighted by atomic mass is 35.5. The lowest BCUT2D eigenvalue weighted by Crippen LogP contribution is -2.42. The van der Waals surface area contributed by atoms with Crippen molar-refractivity contribution < 1.29 is 56.7 Å². The van der Waals surface area contributed by atoms with E-state index in [2.05, 4.69) is 24.1 Å². The molecular weight excluding hydrogens is 850 g/mol. The van der Waals surface area contributed by atoms with E-state index in [1.807, 2.05) is 15.2 Å². The number of halogens is 4. The number of nitrogens with zero attached hydrogens (tertiary/aromatic N) is 2. The Morgan fingerprint density at radius 1 is 0.965 bits per heavy atom. The second-order valence-electron chi connectivity index (χ2n) is 12.2. The van der Waals surface area contributed by atoms with Crippen molar-refractivity contribution in [3.63, 3.8) is 0 Å². The van der Waals surface area contributed by atoms with Gasteiger partial charge in [0.1, 0.15) is 36.2 Å². The van der Waals surface area contributed by atoms with Crippen LogP contribution in [-0.2, 0) is 28.1 Å². The Bertz CT molecular complexity index is 2150. The summed E-state index contributed by atoms with van der Waals surface area (Å²) in [5, 5.41) is 27.4. The molecule has 314 valence electrons. The van der Waals surface area contributed by atoms with Gasteiger partial charge in [-0.15, -0.1) is 6.42 Å². The smallest absolute Gasteiger partial charge is 0.459 e. The third-order valence-corrected chi connectivity index (χ3v) is 10.0. The normalized spacial score (nSPS) is 28.1. The van der Waals surface area contributed by atoms with Gasteiger partial charge in [0.15, 0.2) is 12.5 Å². The minimum atomic E-state index is -4.35. The molecule has 6 N–H and O–H groups in total. The number of rotatable bonds is 12. The Hall–Kier alpha value is -3.85. The number of hydrogen-bond acceptors (Lipinski definition) is 15. The standard InChI is InChI=1S/C21H26ClFN3O9P.C9H10ClFN2O5.C2H2S/c1-12(2)33-18(29)13(3)25-36(31,35-14-7-5-4-6-8-14)32-11-15-17(28)21(22,23)19(34-15)26-10-9-16(27)24-20(26)30;10-9(11)6(16)4(3-14)18-7(9)13-2-1-5(15)12-8(13)17;1-2-3/h4-10,12-13,15,17,19,28H,11H2,1-3H3,(H,25,31)(H,24,27,30);1-2,4,6-7,14,16H,3H2,(H,12,15,17);1,3H/t13-,15+,17+,19+,21+,36?;4-,6-,7-,9-;/m01./s1. The molecule has 25 heteroatoms. The van der Waals surface area contributed by atoms with Crippen molar-refractivity contribution in [1.29, 1.82) is 0 Å². The van der Waals surface area contributed by atoms with E-state index in [0.29, 0.717) is 9.13 Å². The molecule has 57 heavy (non-hydrogen) atoms. The number of esters is 1. The van der Waals surface area contributed by atoms with Crippen molar-refractivity contribution in [2.24, 2.45) is 0 Å². The number of alkyl halides is 4. The maximum atomic E-state index is 15.2. The Kier molecular flexibility index (Phi) is 16.9. The number of thiol groups is 1. The molecular formula is C32H38Cl2F2N5O14PS. The quantitative estimate of drug-likeness (QED) is 0.0441. The van der Waals surface area contributed by atoms with Gasteiger partial charge in [-0.1, -0.05) is 54.0 Å². The lowest BCUT2D eigenvalue weighted by molar-refractivity contribution is -0.149. The van der Waals surface area contributed by atoms with Gasteiger partial charge in [0.25, 0.3) is 21.4 Å². The zero-order valence-corrected chi connectivity index (χ0v) is 33.2. The van der Waals surface area contributed by atoms with Crippen molar-refractivity contribution in [2.45, 2.75) is 80.0 Å². The predicted molar refractivity (Wildman–Crippen MR) is 201 cm³/mol. The number of terminal acetylenes is 1. The third-order valence-electron chi connectivity index (χ3n) is 7.58. The molecule has 2 aliphatic heterocycles. The van der Waals surface area contributed by atoms with Crippen molar-refractivity contribution in [2.75, 3.05) is 13.2 Å². The Balaban J connectivity index is 0.000000344. The molecule has 0 bridgehead atoms. The monoisotopic (exact) mass is 887 g/mol. The number of benzene rings is 1. The summed E-state index contributed by atoms with van der Waals surface area (Å²) in [6, 6.07) is 8.66. The summed E-state index contributed by atoms with van der Waals surface area (Å²) >= 11 is 14.7. The second-order valence-corrected chi connectivity index (χ2v) is 15.3. The van der Waals surface area contributed by atoms with Crippen LogP contribution in [0.3, 0.4) is 0 Å². The van der Waals surface area contributed by atoms with Gasteiger partial charge in [-0.2, -0.15) is 5.09 Å². The summed E-state index contributed by atoms with van der Waals surface area (Å²) in [4.78, 5) is 61.8. The summed E-state index contributed by atoms with van der Waals surface area (Å²) in [6.45, 7) is 3.27. The van der Waals surface area contributed by atoms with Crippen LogP contribution in [0.4, 0.5) is 8.78 Å². The number of nitrogens with one attached hydrogen (secondary N) is 3. The highest BCUT2D eigenvalue weighted by Gasteiger charge is 2.59. The SMILES string of the molecule is C#CS.CC(C)OC(=O)[C@H](C)NP(=O)(OC[C@H]1O[C@@H](n2ccc(=O)[nH]c2=O)[C@@](F)(Cl)[C@@H]1O)Oc1ccccc1.O=c1ccn([C@@H]2O[C@H](CO)[C@@H](O)[C@]2(F)Cl)c(=O)[nH]1. The molecule has 4 heterocycles. The fourth-order valence-corrected chi connectivity index (χ4v) is 7.05. The summed E-state index contributed by atoms with van der Waals surface area (Å²) in [5.74, 6) is -0.607. The van der Waals surface area contributed by atoms with Crippen molar-refractivity contribution >= 4 is 49.5 Å². The van der Waals surface area contributed by atoms with E-state index >= 15 is 4.39 Å². The molecule has 0 spiro atoms. The molecule has 1 unspecified atom stereocenters. The van der Waals surface area contributed by atoms with Crippen molar-refractivity contribution in [1.82, 2.24) is 24.2 Å². The number of aromatic amines is 2. The summed E-state index contributed by atoms with van der Waals surface area (Å²) in [5.41, 5.74) is -3.35. The number of ether oxygens (including phenoxy) is 3. The van der Waals surface area contributed by atoms with Crippen LogP contribution >= 0.6 is 43.6 Å². The van der Waals surface area contributed by atoms with Crippen LogP contribution in [0, 0.1) is 11.7 Å². The fourth-order valence-electron chi connectivity index (χ4n) is 4.95. The summed E-state index contributed by atoms with van der Waals surface area (Å²) in [7, 11) is -4.35. The summed E-state index contributed by atoms with van der Waals surface area (Å²) < 4.78 is 70.5. The predicted octanol–water partition coefficient (Wildman–Crippen LogP) is 1.03. The van der Waals surface area contributed by atoms with Crippen LogP contribution in [0.2, 0.25) is 0 Å². The molecule has 0 radical (unpaired) electrons. The topological polar surface area (TPSA) is 263 Å². The molecule has 2 aromatic heterocycles. The van der Waals surface area contributed by atoms with Crippen LogP contribution in [0.1, 0.15) is 33.2 Å². The maximum Gasteiger partial charge on any atom is 0.459 e. The molecule has 1 aromatic carbocycles. The highest BCUT2D eigenvalue weighted by molar-refractivity contribution is 7.85. The van der Waals surface area contributed by atoms with Gasteiger partial charge in [-0.05, 0) is 38.2 Å². The molecule has 2 saturated heterocycles. The zero-order chi connectivity index (χ0) is 42.9. The highest BCUT2D eigenvalue weighted by Crippen LogP contribution is 2.49. The number of aliphatic hydroxyl groups is 3. The van der Waals surface area contributed by atoms with Crippen LogP contribution < -0.4 is 32.1 Å². The Morgan fingerprint density at radius 3 is 1.84 bits per heavy atom. The minimum Gasteiger partial charge on any atom is -0.462 e. The molecule has 2 aliphatic rings. The van der Waals surface area contributed by atoms with E-state index in [9.17, 15) is 43.1 Å². The third kappa shape index (κ3) is 12.1. The number of hydrogen-bond donors (Lipinski definition) is 7. The Labute approximate surface area is 336 Å². The maximum absolute atomic E-state index is 15.2. The number of aromatic nitrogens is 4. The van der Waals surface area contributed by atoms with E-state index in [-0.39, 0.29) is 5.75 Å². The fraction of sp³-hybridized carbons (Fsp3) is 0.469. The van der Waals surface area contributed by atoms with Crippen LogP contribution in [0.25, 0.3) is 0 Å². The largest absolute Gasteiger partial charge is 0.462 e. The van der Waals surface area contributed by atoms with E-state index < -0.39 is 109 Å². The molecule has 0 aliphatic carbocycles. The van der Waals surface area contributed by atoms with Crippen LogP contribution in [0.5, 0.6) is 5.75 Å². The summed E-state index contributed by atoms with van der Waals surface area (Å²) in [6.07, 6.45) is -4.15. The minimum absolute atomic E-state index is 0.125. The van der Waals surface area contributed by atoms with Crippen LogP contribution in [0.15, 0.2) is 74.0 Å². The van der Waals surface area contributed by atoms with Gasteiger partial charge in [0, 0.05) is 24.5 Å². The average molecular weight is 889 g/mol. The molecule has 19 nitrogen and oxygen atoms in total. The van der Waals surface area contributed by atoms with Gasteiger partial charge in [0.2, 0.25) is 0 Å². The zero-order valence-electron chi connectivity index (χ0n) is 29.9. The van der Waals surface area contributed by atoms with E-state index in [1.54, 1.807) is 32.0 Å². The van der Waals surface area contributed by atoms with Gasteiger partial charge >= 0.3 is 25.1 Å². The Morgan fingerprint density at radius 2 is 1.42 bits per heavy atom. The number of carbonyl (C=O) groups is 1. The van der Waals surface area contributed by atoms with Gasteiger partial charge in [-0.25, -0.2) is 22.9 Å². The van der Waals surface area contributed by atoms with Gasteiger partial charge in [0.05, 0.1) is 19.3 Å². The number of carbonyl (C=O) groups excluding carboxylic acids is 1. The first-order valence-electron chi connectivity index (χ1n) is 16.4. The van der Waals surface area contributed by atoms with Crippen molar-refractivity contribution in [3.8, 4) is 17.4 Å². The number of para-hydroxylation sites is 1. The molecule has 3 aromatic rings. The molecule has 10 atom stereocenters. The molecule has 5 rings (SSSR count). The van der Waals surface area contributed by atoms with Crippen molar-refractivity contribution in [3.05, 3.63) is 96.5 Å². The number of H-pyrrole nitrogens is 2. The van der Waals surface area contributed by atoms with Crippen LogP contribution in [-0.4, -0.2) is 100 Å². The lowest BCUT2D eigenvalue weighted by atomic mass is 10.1. The first kappa shape index (κ1) is 47.5. The van der Waals surface area contributed by atoms with Gasteiger partial charge in [-0.3, -0.25) is 38.0 Å². The van der Waals surface area contributed by atoms with Gasteiger partial charge < -0.3 is 34.1 Å². The lowest BCUT2D eigenvalue weighted by Gasteiger charge is -2.25. The van der Waals surface area contributed by atoms with E-state index in [4.69, 9.17) is 51.6 Å². The second kappa shape index (κ2) is 20.2. The first-order valence-corrected chi connectivity index (χ1v) is 19.1. The first-order chi connectivity index (χ1) is 26.6. The van der Waals surface area contributed by atoms with E-state index in [1.165, 1.54) is 19.1 Å². The number of aliphatic hydroxyl groups excluding tert-OH is 3. The van der Waals surface area contributed by atoms with E-state index in [0.717, 1.165) is 24.5 Å². The molecule has 0 amide bonds. The average Bonchev–Trinajstić information content (AvgIpc) is 3.49. The molecule has 2 fully saturated rings.